The molecule has 4 heteroatoms. The maximum atomic E-state index is 9.45. The molecule has 4 nitrogen and oxygen atoms in total. The lowest BCUT2D eigenvalue weighted by atomic mass is 10.3. The third kappa shape index (κ3) is 2.36. The molecule has 0 amide bonds. The molecule has 0 saturated heterocycles. The van der Waals surface area contributed by atoms with Crippen molar-refractivity contribution < 1.29 is 10.2 Å². The van der Waals surface area contributed by atoms with Crippen LogP contribution in [0.4, 0.5) is 11.4 Å². The molecule has 80 valence electrons. The van der Waals surface area contributed by atoms with Gasteiger partial charge in [0.2, 0.25) is 0 Å². The zero-order valence-electron chi connectivity index (χ0n) is 8.41. The van der Waals surface area contributed by atoms with E-state index >= 15 is 0 Å². The van der Waals surface area contributed by atoms with Crippen LogP contribution in [0.3, 0.4) is 0 Å². The molecule has 0 saturated carbocycles. The van der Waals surface area contributed by atoms with Gasteiger partial charge in [-0.05, 0) is 24.3 Å². The van der Waals surface area contributed by atoms with Gasteiger partial charge in [-0.25, -0.2) is 0 Å². The van der Waals surface area contributed by atoms with Crippen LogP contribution in [0.1, 0.15) is 0 Å². The van der Waals surface area contributed by atoms with Crippen LogP contribution >= 0.6 is 0 Å². The number of hydrogen-bond donors (Lipinski definition) is 2. The lowest BCUT2D eigenvalue weighted by Crippen LogP contribution is -1.68. The van der Waals surface area contributed by atoms with Gasteiger partial charge in [-0.15, -0.1) is 5.11 Å². The van der Waals surface area contributed by atoms with Crippen LogP contribution in [-0.4, -0.2) is 10.2 Å². The normalized spacial score (nSPS) is 10.8. The largest absolute Gasteiger partial charge is 0.508 e. The van der Waals surface area contributed by atoms with E-state index in [1.807, 2.05) is 18.2 Å². The Balaban J connectivity index is 2.27. The summed E-state index contributed by atoms with van der Waals surface area (Å²) in [6, 6.07) is 13.3. The van der Waals surface area contributed by atoms with E-state index in [4.69, 9.17) is 0 Å². The SMILES string of the molecule is Oc1ccc(O)c(/N=N/c2ccccc2)c1. The average molecular weight is 214 g/mol. The van der Waals surface area contributed by atoms with Crippen molar-refractivity contribution in [3.63, 3.8) is 0 Å². The van der Waals surface area contributed by atoms with E-state index in [0.717, 1.165) is 0 Å². The van der Waals surface area contributed by atoms with Crippen molar-refractivity contribution in [2.75, 3.05) is 0 Å². The number of nitrogens with zero attached hydrogens (tertiary/aromatic N) is 2. The molecule has 2 rings (SSSR count). The number of phenols is 2. The summed E-state index contributed by atoms with van der Waals surface area (Å²) in [5.41, 5.74) is 0.925. The summed E-state index contributed by atoms with van der Waals surface area (Å²) in [4.78, 5) is 0. The molecule has 16 heavy (non-hydrogen) atoms. The third-order valence-corrected chi connectivity index (χ3v) is 1.99. The first kappa shape index (κ1) is 10.2. The Morgan fingerprint density at radius 3 is 2.31 bits per heavy atom. The Morgan fingerprint density at radius 2 is 1.56 bits per heavy atom. The minimum atomic E-state index is -0.0162. The second-order valence-corrected chi connectivity index (χ2v) is 3.21. The second-order valence-electron chi connectivity index (χ2n) is 3.21. The highest BCUT2D eigenvalue weighted by atomic mass is 16.3. The molecule has 0 atom stereocenters. The quantitative estimate of drug-likeness (QED) is 0.593. The zero-order valence-corrected chi connectivity index (χ0v) is 8.41. The summed E-state index contributed by atoms with van der Waals surface area (Å²) >= 11 is 0. The summed E-state index contributed by atoms with van der Waals surface area (Å²) in [7, 11) is 0. The summed E-state index contributed by atoms with van der Waals surface area (Å²) in [5, 5.41) is 26.5. The van der Waals surface area contributed by atoms with Gasteiger partial charge < -0.3 is 10.2 Å². The van der Waals surface area contributed by atoms with Crippen LogP contribution in [0.25, 0.3) is 0 Å². The Bertz CT molecular complexity index is 510. The first-order chi connectivity index (χ1) is 7.75. The van der Waals surface area contributed by atoms with Crippen molar-refractivity contribution in [3.05, 3.63) is 48.5 Å². The number of aromatic hydroxyl groups is 2. The minimum Gasteiger partial charge on any atom is -0.508 e. The van der Waals surface area contributed by atoms with E-state index in [1.165, 1.54) is 18.2 Å². The molecular formula is C12H10N2O2. The number of benzene rings is 2. The summed E-state index contributed by atoms with van der Waals surface area (Å²) < 4.78 is 0. The van der Waals surface area contributed by atoms with Crippen LogP contribution in [0.15, 0.2) is 58.8 Å². The van der Waals surface area contributed by atoms with E-state index < -0.39 is 0 Å². The molecule has 0 aliphatic carbocycles. The van der Waals surface area contributed by atoms with Gasteiger partial charge in [0, 0.05) is 6.07 Å². The number of hydrogen-bond acceptors (Lipinski definition) is 4. The smallest absolute Gasteiger partial charge is 0.143 e. The predicted molar refractivity (Wildman–Crippen MR) is 60.4 cm³/mol. The first-order valence-electron chi connectivity index (χ1n) is 4.74. The maximum absolute atomic E-state index is 9.45. The molecule has 2 aromatic carbocycles. The highest BCUT2D eigenvalue weighted by molar-refractivity contribution is 5.54. The maximum Gasteiger partial charge on any atom is 0.143 e. The number of azo groups is 1. The summed E-state index contributed by atoms with van der Waals surface area (Å²) in [6.45, 7) is 0. The van der Waals surface area contributed by atoms with E-state index in [0.29, 0.717) is 5.69 Å². The fourth-order valence-electron chi connectivity index (χ4n) is 1.20. The summed E-state index contributed by atoms with van der Waals surface area (Å²) in [6.07, 6.45) is 0. The molecule has 0 bridgehead atoms. The average Bonchev–Trinajstić information content (AvgIpc) is 2.32. The van der Waals surface area contributed by atoms with Crippen LogP contribution in [0.2, 0.25) is 0 Å². The van der Waals surface area contributed by atoms with Crippen molar-refractivity contribution in [3.8, 4) is 11.5 Å². The Kier molecular flexibility index (Phi) is 2.82. The lowest BCUT2D eigenvalue weighted by Gasteiger charge is -1.98. The van der Waals surface area contributed by atoms with E-state index in [-0.39, 0.29) is 17.2 Å². The first-order valence-corrected chi connectivity index (χ1v) is 4.74. The molecule has 0 aromatic heterocycles. The van der Waals surface area contributed by atoms with Crippen LogP contribution in [0.5, 0.6) is 11.5 Å². The lowest BCUT2D eigenvalue weighted by molar-refractivity contribution is 0.461. The van der Waals surface area contributed by atoms with E-state index in [9.17, 15) is 10.2 Å². The molecular weight excluding hydrogens is 204 g/mol. The molecule has 0 heterocycles. The topological polar surface area (TPSA) is 65.2 Å². The fourth-order valence-corrected chi connectivity index (χ4v) is 1.20. The van der Waals surface area contributed by atoms with E-state index in [2.05, 4.69) is 10.2 Å². The highest BCUT2D eigenvalue weighted by Gasteiger charge is 2.00. The van der Waals surface area contributed by atoms with Gasteiger partial charge in [0.25, 0.3) is 0 Å². The van der Waals surface area contributed by atoms with Crippen LogP contribution in [0, 0.1) is 0 Å². The highest BCUT2D eigenvalue weighted by Crippen LogP contribution is 2.31. The second kappa shape index (κ2) is 4.44. The van der Waals surface area contributed by atoms with Crippen molar-refractivity contribution in [2.45, 2.75) is 0 Å². The Hall–Kier alpha value is -2.36. The number of rotatable bonds is 2. The molecule has 0 aliphatic rings. The van der Waals surface area contributed by atoms with Crippen LogP contribution < -0.4 is 0 Å². The molecule has 0 aliphatic heterocycles. The van der Waals surface area contributed by atoms with E-state index in [1.54, 1.807) is 12.1 Å². The third-order valence-electron chi connectivity index (χ3n) is 1.99. The fraction of sp³-hybridized carbons (Fsp3) is 0. The van der Waals surface area contributed by atoms with Gasteiger partial charge in [0.1, 0.15) is 17.2 Å². The number of phenolic OH excluding ortho intramolecular Hbond substituents is 2. The standard InChI is InChI=1S/C12H10N2O2/c15-10-6-7-12(16)11(8-10)14-13-9-4-2-1-3-5-9/h1-8,15-16H/b14-13+. The molecule has 2 aromatic rings. The Morgan fingerprint density at radius 1 is 0.812 bits per heavy atom. The minimum absolute atomic E-state index is 0.0162. The summed E-state index contributed by atoms with van der Waals surface area (Å²) in [5.74, 6) is 0.0253. The predicted octanol–water partition coefficient (Wildman–Crippen LogP) is 3.51. The van der Waals surface area contributed by atoms with Crippen molar-refractivity contribution in [1.82, 2.24) is 0 Å². The zero-order chi connectivity index (χ0) is 11.4. The monoisotopic (exact) mass is 214 g/mol. The van der Waals surface area contributed by atoms with Crippen molar-refractivity contribution in [1.29, 1.82) is 0 Å². The van der Waals surface area contributed by atoms with Gasteiger partial charge >= 0.3 is 0 Å². The van der Waals surface area contributed by atoms with Gasteiger partial charge in [-0.3, -0.25) is 0 Å². The Labute approximate surface area is 92.5 Å². The van der Waals surface area contributed by atoms with Crippen LogP contribution in [-0.2, 0) is 0 Å². The van der Waals surface area contributed by atoms with Crippen molar-refractivity contribution in [2.24, 2.45) is 10.2 Å². The van der Waals surface area contributed by atoms with Gasteiger partial charge in [0.05, 0.1) is 5.69 Å². The molecule has 0 spiro atoms. The van der Waals surface area contributed by atoms with Crippen molar-refractivity contribution >= 4 is 11.4 Å². The van der Waals surface area contributed by atoms with Gasteiger partial charge in [-0.2, -0.15) is 5.11 Å². The molecule has 0 unspecified atom stereocenters. The molecule has 0 fully saturated rings. The molecule has 2 N–H and O–H groups in total. The van der Waals surface area contributed by atoms with Gasteiger partial charge in [-0.1, -0.05) is 18.2 Å². The molecule has 0 radical (unpaired) electrons. The van der Waals surface area contributed by atoms with Gasteiger partial charge in [0.15, 0.2) is 0 Å².